The Balaban J connectivity index is 2.42. The number of hydrogen-bond acceptors (Lipinski definition) is 2. The van der Waals surface area contributed by atoms with E-state index in [-0.39, 0.29) is 11.8 Å². The van der Waals surface area contributed by atoms with E-state index >= 15 is 0 Å². The lowest BCUT2D eigenvalue weighted by atomic mass is 10.0. The molecule has 0 aromatic heterocycles. The smallest absolute Gasteiger partial charge is 0.161 e. The Morgan fingerprint density at radius 2 is 1.81 bits per heavy atom. The van der Waals surface area contributed by atoms with Crippen LogP contribution in [-0.4, -0.2) is 12.8 Å². The predicted octanol–water partition coefficient (Wildman–Crippen LogP) is 4.88. The van der Waals surface area contributed by atoms with Crippen molar-refractivity contribution in [1.29, 1.82) is 0 Å². The molecule has 2 rings (SSSR count). The number of nitrogens with zero attached hydrogens (tertiary/aromatic N) is 1. The van der Waals surface area contributed by atoms with Crippen molar-refractivity contribution in [3.8, 4) is 0 Å². The SMILES string of the molecule is CC(=O)c1cccc(F)c1N(C)C(C)c1ccc(Cl)cc1. The largest absolute Gasteiger partial charge is 0.365 e. The van der Waals surface area contributed by atoms with Crippen LogP contribution in [0.4, 0.5) is 10.1 Å². The quantitative estimate of drug-likeness (QED) is 0.750. The summed E-state index contributed by atoms with van der Waals surface area (Å²) < 4.78 is 14.2. The van der Waals surface area contributed by atoms with Gasteiger partial charge in [-0.15, -0.1) is 0 Å². The van der Waals surface area contributed by atoms with Gasteiger partial charge in [-0.3, -0.25) is 4.79 Å². The molecule has 110 valence electrons. The molecule has 0 spiro atoms. The Bertz CT molecular complexity index is 654. The van der Waals surface area contributed by atoms with Gasteiger partial charge in [0.2, 0.25) is 0 Å². The van der Waals surface area contributed by atoms with Gasteiger partial charge in [-0.05, 0) is 43.7 Å². The summed E-state index contributed by atoms with van der Waals surface area (Å²) in [6.45, 7) is 3.40. The summed E-state index contributed by atoms with van der Waals surface area (Å²) in [5.41, 5.74) is 1.71. The fourth-order valence-corrected chi connectivity index (χ4v) is 2.44. The second-order valence-electron chi connectivity index (χ2n) is 5.03. The molecular formula is C17H17ClFNO. The number of carbonyl (C=O) groups is 1. The molecule has 0 heterocycles. The molecule has 0 bridgehead atoms. The number of hydrogen-bond donors (Lipinski definition) is 0. The fraction of sp³-hybridized carbons (Fsp3) is 0.235. The maximum Gasteiger partial charge on any atom is 0.161 e. The standard InChI is InChI=1S/C17H17ClFNO/c1-11(13-7-9-14(18)10-8-13)20(3)17-15(12(2)21)5-4-6-16(17)19/h4-11H,1-3H3. The molecular weight excluding hydrogens is 289 g/mol. The van der Waals surface area contributed by atoms with Crippen LogP contribution in [-0.2, 0) is 0 Å². The number of halogens is 2. The highest BCUT2D eigenvalue weighted by molar-refractivity contribution is 6.30. The number of anilines is 1. The van der Waals surface area contributed by atoms with E-state index in [0.29, 0.717) is 16.3 Å². The van der Waals surface area contributed by atoms with E-state index < -0.39 is 5.82 Å². The highest BCUT2D eigenvalue weighted by Crippen LogP contribution is 2.31. The van der Waals surface area contributed by atoms with Crippen molar-refractivity contribution in [3.05, 3.63) is 64.4 Å². The Morgan fingerprint density at radius 3 is 2.38 bits per heavy atom. The first-order valence-electron chi connectivity index (χ1n) is 6.69. The van der Waals surface area contributed by atoms with Crippen molar-refractivity contribution < 1.29 is 9.18 Å². The molecule has 2 aromatic carbocycles. The van der Waals surface area contributed by atoms with Crippen LogP contribution < -0.4 is 4.90 Å². The fourth-order valence-electron chi connectivity index (χ4n) is 2.32. The van der Waals surface area contributed by atoms with Gasteiger partial charge in [0.1, 0.15) is 5.82 Å². The van der Waals surface area contributed by atoms with Crippen LogP contribution in [0.3, 0.4) is 0 Å². The molecule has 2 nitrogen and oxygen atoms in total. The van der Waals surface area contributed by atoms with E-state index in [2.05, 4.69) is 0 Å². The summed E-state index contributed by atoms with van der Waals surface area (Å²) >= 11 is 5.89. The van der Waals surface area contributed by atoms with E-state index in [1.165, 1.54) is 13.0 Å². The van der Waals surface area contributed by atoms with E-state index in [9.17, 15) is 9.18 Å². The zero-order valence-corrected chi connectivity index (χ0v) is 13.0. The lowest BCUT2D eigenvalue weighted by Crippen LogP contribution is -2.24. The maximum atomic E-state index is 14.2. The third-order valence-electron chi connectivity index (χ3n) is 3.65. The predicted molar refractivity (Wildman–Crippen MR) is 84.7 cm³/mol. The first-order valence-corrected chi connectivity index (χ1v) is 7.07. The highest BCUT2D eigenvalue weighted by atomic mass is 35.5. The highest BCUT2D eigenvalue weighted by Gasteiger charge is 2.20. The molecule has 0 aliphatic rings. The number of Topliss-reactive ketones (excluding diaryl/α,β-unsaturated/α-hetero) is 1. The van der Waals surface area contributed by atoms with Crippen molar-refractivity contribution in [3.63, 3.8) is 0 Å². The van der Waals surface area contributed by atoms with Crippen LogP contribution in [0.1, 0.15) is 35.8 Å². The molecule has 1 unspecified atom stereocenters. The van der Waals surface area contributed by atoms with Crippen molar-refractivity contribution in [2.45, 2.75) is 19.9 Å². The van der Waals surface area contributed by atoms with Gasteiger partial charge in [0.25, 0.3) is 0 Å². The van der Waals surface area contributed by atoms with E-state index in [1.807, 2.05) is 19.1 Å². The third kappa shape index (κ3) is 3.24. The molecule has 0 fully saturated rings. The average molecular weight is 306 g/mol. The monoisotopic (exact) mass is 305 g/mol. The van der Waals surface area contributed by atoms with Crippen molar-refractivity contribution >= 4 is 23.1 Å². The van der Waals surface area contributed by atoms with Gasteiger partial charge >= 0.3 is 0 Å². The van der Waals surface area contributed by atoms with Crippen LogP contribution in [0, 0.1) is 5.82 Å². The molecule has 1 atom stereocenters. The molecule has 2 aromatic rings. The van der Waals surface area contributed by atoms with E-state index in [1.54, 1.807) is 36.2 Å². The van der Waals surface area contributed by atoms with Crippen molar-refractivity contribution in [1.82, 2.24) is 0 Å². The molecule has 0 saturated carbocycles. The Morgan fingerprint density at radius 1 is 1.19 bits per heavy atom. The lowest BCUT2D eigenvalue weighted by molar-refractivity contribution is 0.101. The van der Waals surface area contributed by atoms with E-state index in [0.717, 1.165) is 5.56 Å². The molecule has 21 heavy (non-hydrogen) atoms. The number of carbonyl (C=O) groups excluding carboxylic acids is 1. The van der Waals surface area contributed by atoms with Crippen molar-refractivity contribution in [2.24, 2.45) is 0 Å². The van der Waals surface area contributed by atoms with Crippen LogP contribution in [0.25, 0.3) is 0 Å². The van der Waals surface area contributed by atoms with Gasteiger partial charge in [-0.2, -0.15) is 0 Å². The molecule has 0 saturated heterocycles. The van der Waals surface area contributed by atoms with Gasteiger partial charge in [0.15, 0.2) is 5.78 Å². The second-order valence-corrected chi connectivity index (χ2v) is 5.47. The topological polar surface area (TPSA) is 20.3 Å². The maximum absolute atomic E-state index is 14.2. The number of ketones is 1. The minimum atomic E-state index is -0.397. The second kappa shape index (κ2) is 6.27. The summed E-state index contributed by atoms with van der Waals surface area (Å²) in [7, 11) is 1.78. The molecule has 0 aliphatic carbocycles. The Kier molecular flexibility index (Phi) is 4.63. The molecule has 0 aliphatic heterocycles. The first kappa shape index (κ1) is 15.5. The average Bonchev–Trinajstić information content (AvgIpc) is 2.46. The summed E-state index contributed by atoms with van der Waals surface area (Å²) in [6, 6.07) is 11.9. The number of rotatable bonds is 4. The molecule has 0 radical (unpaired) electrons. The summed E-state index contributed by atoms with van der Waals surface area (Å²) in [6.07, 6.45) is 0. The van der Waals surface area contributed by atoms with E-state index in [4.69, 9.17) is 11.6 Å². The van der Waals surface area contributed by atoms with Crippen molar-refractivity contribution in [2.75, 3.05) is 11.9 Å². The summed E-state index contributed by atoms with van der Waals surface area (Å²) in [5, 5.41) is 0.656. The van der Waals surface area contributed by atoms with Gasteiger partial charge in [0.05, 0.1) is 11.7 Å². The Hall–Kier alpha value is -1.87. The summed E-state index contributed by atoms with van der Waals surface area (Å²) in [4.78, 5) is 13.5. The van der Waals surface area contributed by atoms with Crippen LogP contribution >= 0.6 is 11.6 Å². The third-order valence-corrected chi connectivity index (χ3v) is 3.90. The lowest BCUT2D eigenvalue weighted by Gasteiger charge is -2.29. The molecule has 0 N–H and O–H groups in total. The molecule has 0 amide bonds. The minimum Gasteiger partial charge on any atom is -0.365 e. The minimum absolute atomic E-state index is 0.0859. The van der Waals surface area contributed by atoms with Gasteiger partial charge in [0, 0.05) is 17.6 Å². The van der Waals surface area contributed by atoms with Gasteiger partial charge in [-0.1, -0.05) is 29.8 Å². The normalized spacial score (nSPS) is 12.0. The zero-order chi connectivity index (χ0) is 15.6. The number of benzene rings is 2. The van der Waals surface area contributed by atoms with Crippen LogP contribution in [0.15, 0.2) is 42.5 Å². The Labute approximate surface area is 129 Å². The van der Waals surface area contributed by atoms with Crippen LogP contribution in [0.5, 0.6) is 0 Å². The zero-order valence-electron chi connectivity index (χ0n) is 12.2. The first-order chi connectivity index (χ1) is 9.91. The summed E-state index contributed by atoms with van der Waals surface area (Å²) in [5.74, 6) is -0.550. The van der Waals surface area contributed by atoms with Gasteiger partial charge in [-0.25, -0.2) is 4.39 Å². The number of para-hydroxylation sites is 1. The van der Waals surface area contributed by atoms with Crippen LogP contribution in [0.2, 0.25) is 5.02 Å². The van der Waals surface area contributed by atoms with Gasteiger partial charge < -0.3 is 4.90 Å². The molecule has 4 heteroatoms.